The molecule has 1 rings (SSSR count). The monoisotopic (exact) mass is 96.1 g/mol. The van der Waals surface area contributed by atoms with Crippen molar-refractivity contribution in [1.29, 1.82) is 0 Å². The van der Waals surface area contributed by atoms with Crippen molar-refractivity contribution in [2.75, 3.05) is 0 Å². The molecule has 0 aliphatic carbocycles. The third-order valence-electron chi connectivity index (χ3n) is 0.647. The maximum absolute atomic E-state index is 3.65. The van der Waals surface area contributed by atoms with Crippen molar-refractivity contribution in [1.82, 2.24) is 10.3 Å². The number of aromatic nitrogens is 3. The van der Waals surface area contributed by atoms with Crippen LogP contribution < -0.4 is 4.68 Å². The first-order valence-corrected chi connectivity index (χ1v) is 2.03. The molecule has 7 heavy (non-hydrogen) atoms. The zero-order chi connectivity index (χ0) is 5.11. The quantitative estimate of drug-likeness (QED) is 0.400. The van der Waals surface area contributed by atoms with Crippen LogP contribution in [0, 0.1) is 0 Å². The van der Waals surface area contributed by atoms with E-state index in [1.165, 1.54) is 0 Å². The number of hydrogen-bond donors (Lipinski definition) is 0. The van der Waals surface area contributed by atoms with E-state index in [-0.39, 0.29) is 0 Å². The molecule has 1 aromatic heterocycles. The Morgan fingerprint density at radius 2 is 2.43 bits per heavy atom. The number of aryl methyl sites for hydroxylation is 1. The Labute approximate surface area is 41.6 Å². The second-order valence-corrected chi connectivity index (χ2v) is 1.27. The summed E-state index contributed by atoms with van der Waals surface area (Å²) >= 11 is 0. The second kappa shape index (κ2) is 1.64. The first-order chi connectivity index (χ1) is 3.39. The predicted octanol–water partition coefficient (Wildman–Crippen LogP) is -0.699. The fourth-order valence-corrected chi connectivity index (χ4v) is 0.343. The zero-order valence-corrected chi connectivity index (χ0v) is 4.07. The summed E-state index contributed by atoms with van der Waals surface area (Å²) in [5, 5.41) is 7.24. The first-order valence-electron chi connectivity index (χ1n) is 2.03. The summed E-state index contributed by atoms with van der Waals surface area (Å²) in [5.41, 5.74) is 0. The highest BCUT2D eigenvalue weighted by Gasteiger charge is 1.81. The number of rotatable bonds is 0. The lowest BCUT2D eigenvalue weighted by Crippen LogP contribution is -2.32. The minimum Gasteiger partial charge on any atom is -0.141 e. The van der Waals surface area contributed by atoms with E-state index in [9.17, 15) is 0 Å². The highest BCUT2D eigenvalue weighted by molar-refractivity contribution is 4.65. The summed E-state index contributed by atoms with van der Waals surface area (Å²) in [6, 6.07) is 1.83. The maximum Gasteiger partial charge on any atom is 0.171 e. The van der Waals surface area contributed by atoms with Gasteiger partial charge in [-0.15, -0.1) is 4.68 Å². The fourth-order valence-electron chi connectivity index (χ4n) is 0.343. The van der Waals surface area contributed by atoms with E-state index in [1.54, 1.807) is 10.9 Å². The largest absolute Gasteiger partial charge is 0.171 e. The number of nitrogens with zero attached hydrogens (tertiary/aromatic N) is 3. The van der Waals surface area contributed by atoms with Gasteiger partial charge in [0, 0.05) is 6.07 Å². The van der Waals surface area contributed by atoms with Crippen LogP contribution in [0.25, 0.3) is 0 Å². The summed E-state index contributed by atoms with van der Waals surface area (Å²) in [6.07, 6.45) is 3.47. The van der Waals surface area contributed by atoms with Crippen LogP contribution in [-0.2, 0) is 7.05 Å². The summed E-state index contributed by atoms with van der Waals surface area (Å²) in [5.74, 6) is 0. The van der Waals surface area contributed by atoms with Gasteiger partial charge in [0.05, 0.1) is 5.10 Å². The van der Waals surface area contributed by atoms with E-state index in [0.717, 1.165) is 0 Å². The van der Waals surface area contributed by atoms with Gasteiger partial charge in [0.15, 0.2) is 6.20 Å². The Morgan fingerprint density at radius 3 is 2.71 bits per heavy atom. The Kier molecular flexibility index (Phi) is 0.978. The van der Waals surface area contributed by atoms with Crippen molar-refractivity contribution in [3.8, 4) is 0 Å². The highest BCUT2D eigenvalue weighted by atomic mass is 15.4. The molecule has 0 amide bonds. The van der Waals surface area contributed by atoms with Crippen molar-refractivity contribution < 1.29 is 4.68 Å². The molecule has 0 aliphatic rings. The van der Waals surface area contributed by atoms with Crippen LogP contribution in [0.15, 0.2) is 18.5 Å². The molecule has 0 fully saturated rings. The smallest absolute Gasteiger partial charge is 0.141 e. The maximum atomic E-state index is 3.65. The molecule has 0 aliphatic heterocycles. The Bertz CT molecular complexity index is 137. The van der Waals surface area contributed by atoms with E-state index >= 15 is 0 Å². The Hall–Kier alpha value is -0.990. The molecule has 1 heterocycles. The van der Waals surface area contributed by atoms with Gasteiger partial charge in [-0.2, -0.15) is 0 Å². The minimum absolute atomic E-state index is 1.64. The molecule has 3 heteroatoms. The Morgan fingerprint density at radius 1 is 1.57 bits per heavy atom. The van der Waals surface area contributed by atoms with Crippen LogP contribution in [0.4, 0.5) is 0 Å². The standard InChI is InChI=1S/C4H6N3/c1-7-4-2-3-5-6-7/h2-4H,1H3/q+1. The van der Waals surface area contributed by atoms with E-state index in [0.29, 0.717) is 0 Å². The third kappa shape index (κ3) is 0.924. The van der Waals surface area contributed by atoms with Crippen LogP contribution in [0.3, 0.4) is 0 Å². The number of hydrogen-bond acceptors (Lipinski definition) is 2. The van der Waals surface area contributed by atoms with Crippen LogP contribution in [-0.4, -0.2) is 10.3 Å². The van der Waals surface area contributed by atoms with Gasteiger partial charge in [0.25, 0.3) is 0 Å². The van der Waals surface area contributed by atoms with Gasteiger partial charge in [-0.05, 0) is 0 Å². The molecule has 0 saturated carbocycles. The molecule has 0 unspecified atom stereocenters. The van der Waals surface area contributed by atoms with Crippen LogP contribution in [0.5, 0.6) is 0 Å². The normalized spacial score (nSPS) is 8.71. The molecule has 0 saturated heterocycles. The van der Waals surface area contributed by atoms with Crippen molar-refractivity contribution in [3.05, 3.63) is 18.5 Å². The molecule has 0 spiro atoms. The lowest BCUT2D eigenvalue weighted by atomic mass is 10.7. The van der Waals surface area contributed by atoms with E-state index in [2.05, 4.69) is 10.3 Å². The molecule has 36 valence electrons. The van der Waals surface area contributed by atoms with Gasteiger partial charge in [-0.1, -0.05) is 0 Å². The van der Waals surface area contributed by atoms with Gasteiger partial charge in [-0.3, -0.25) is 0 Å². The average molecular weight is 96.1 g/mol. The first kappa shape index (κ1) is 4.18. The fraction of sp³-hybridized carbons (Fsp3) is 0.250. The van der Waals surface area contributed by atoms with Gasteiger partial charge >= 0.3 is 0 Å². The molecule has 3 nitrogen and oxygen atoms in total. The highest BCUT2D eigenvalue weighted by Crippen LogP contribution is 1.60. The van der Waals surface area contributed by atoms with Crippen molar-refractivity contribution in [2.24, 2.45) is 7.05 Å². The molecule has 0 N–H and O–H groups in total. The Balaban J connectivity index is 3.02. The summed E-state index contributed by atoms with van der Waals surface area (Å²) < 4.78 is 1.64. The van der Waals surface area contributed by atoms with Gasteiger partial charge < -0.3 is 0 Å². The molecule has 0 bridgehead atoms. The molecule has 0 atom stereocenters. The average Bonchev–Trinajstić information content (AvgIpc) is 1.69. The van der Waals surface area contributed by atoms with Crippen molar-refractivity contribution in [3.63, 3.8) is 0 Å². The molecule has 1 aromatic rings. The minimum atomic E-state index is 1.64. The summed E-state index contributed by atoms with van der Waals surface area (Å²) in [7, 11) is 1.83. The predicted molar refractivity (Wildman–Crippen MR) is 23.2 cm³/mol. The molecular formula is C4H6N3+. The van der Waals surface area contributed by atoms with Crippen molar-refractivity contribution >= 4 is 0 Å². The molecule has 0 aromatic carbocycles. The van der Waals surface area contributed by atoms with Gasteiger partial charge in [0.2, 0.25) is 0 Å². The van der Waals surface area contributed by atoms with E-state index in [4.69, 9.17) is 0 Å². The van der Waals surface area contributed by atoms with E-state index in [1.807, 2.05) is 19.3 Å². The molecular weight excluding hydrogens is 90.1 g/mol. The van der Waals surface area contributed by atoms with Gasteiger partial charge in [-0.25, -0.2) is 0 Å². The van der Waals surface area contributed by atoms with Gasteiger partial charge in [0.1, 0.15) is 18.5 Å². The lowest BCUT2D eigenvalue weighted by Gasteiger charge is -1.74. The van der Waals surface area contributed by atoms with Crippen LogP contribution in [0.1, 0.15) is 0 Å². The summed E-state index contributed by atoms with van der Waals surface area (Å²) in [4.78, 5) is 0. The zero-order valence-electron chi connectivity index (χ0n) is 4.07. The van der Waals surface area contributed by atoms with Crippen LogP contribution in [0.2, 0.25) is 0 Å². The topological polar surface area (TPSA) is 29.7 Å². The van der Waals surface area contributed by atoms with Crippen molar-refractivity contribution in [2.45, 2.75) is 0 Å². The lowest BCUT2D eigenvalue weighted by molar-refractivity contribution is -0.736. The summed E-state index contributed by atoms with van der Waals surface area (Å²) in [6.45, 7) is 0. The molecule has 0 radical (unpaired) electrons. The van der Waals surface area contributed by atoms with Crippen LogP contribution >= 0.6 is 0 Å². The second-order valence-electron chi connectivity index (χ2n) is 1.27. The SMILES string of the molecule is C[n+]1cccnn1. The van der Waals surface area contributed by atoms with E-state index < -0.39 is 0 Å². The third-order valence-corrected chi connectivity index (χ3v) is 0.647.